The molecule has 1 unspecified atom stereocenters. The van der Waals surface area contributed by atoms with Crippen molar-refractivity contribution < 1.29 is 9.18 Å². The second kappa shape index (κ2) is 9.08. The van der Waals surface area contributed by atoms with Crippen molar-refractivity contribution in [2.24, 2.45) is 0 Å². The molecule has 162 valence electrons. The maximum absolute atomic E-state index is 14.1. The molecule has 1 aromatic heterocycles. The van der Waals surface area contributed by atoms with Gasteiger partial charge in [-0.25, -0.2) is 9.07 Å². The molecule has 1 fully saturated rings. The fraction of sp³-hybridized carbons (Fsp3) is 0.304. The van der Waals surface area contributed by atoms with Crippen LogP contribution in [-0.2, 0) is 0 Å². The molecule has 8 heteroatoms. The fourth-order valence-electron chi connectivity index (χ4n) is 3.77. The van der Waals surface area contributed by atoms with E-state index in [0.29, 0.717) is 16.3 Å². The number of carbonyl (C=O) groups is 1. The molecule has 31 heavy (non-hydrogen) atoms. The molecule has 1 atom stereocenters. The van der Waals surface area contributed by atoms with Crippen LogP contribution in [0.15, 0.2) is 54.9 Å². The lowest BCUT2D eigenvalue weighted by molar-refractivity contribution is 0.0940. The van der Waals surface area contributed by atoms with Crippen LogP contribution >= 0.6 is 11.6 Å². The minimum Gasteiger partial charge on any atom is -0.369 e. The lowest BCUT2D eigenvalue weighted by atomic mass is 10.0. The average Bonchev–Trinajstić information content (AvgIpc) is 3.25. The van der Waals surface area contributed by atoms with Gasteiger partial charge in [0.15, 0.2) is 0 Å². The summed E-state index contributed by atoms with van der Waals surface area (Å²) in [5.74, 6) is -0.597. The summed E-state index contributed by atoms with van der Waals surface area (Å²) in [6, 6.07) is 11.7. The molecule has 3 aromatic rings. The molecular weight excluding hydrogens is 417 g/mol. The predicted octanol–water partition coefficient (Wildman–Crippen LogP) is 3.91. The van der Waals surface area contributed by atoms with Crippen molar-refractivity contribution in [2.75, 3.05) is 38.1 Å². The number of aromatic nitrogens is 2. The van der Waals surface area contributed by atoms with Gasteiger partial charge in [0.2, 0.25) is 0 Å². The summed E-state index contributed by atoms with van der Waals surface area (Å²) >= 11 is 6.22. The van der Waals surface area contributed by atoms with Gasteiger partial charge in [-0.1, -0.05) is 23.7 Å². The van der Waals surface area contributed by atoms with Gasteiger partial charge in [-0.05, 0) is 44.3 Å². The molecule has 0 aliphatic carbocycles. The van der Waals surface area contributed by atoms with Gasteiger partial charge >= 0.3 is 0 Å². The Hall–Kier alpha value is -2.90. The van der Waals surface area contributed by atoms with Crippen LogP contribution in [0.5, 0.6) is 0 Å². The second-order valence-corrected chi connectivity index (χ2v) is 8.22. The van der Waals surface area contributed by atoms with Crippen LogP contribution in [0.2, 0.25) is 5.02 Å². The van der Waals surface area contributed by atoms with E-state index in [1.54, 1.807) is 23.0 Å². The highest BCUT2D eigenvalue weighted by Crippen LogP contribution is 2.28. The molecule has 0 saturated carbocycles. The van der Waals surface area contributed by atoms with Crippen LogP contribution in [-0.4, -0.2) is 53.8 Å². The Morgan fingerprint density at radius 1 is 1.13 bits per heavy atom. The van der Waals surface area contributed by atoms with Gasteiger partial charge in [-0.3, -0.25) is 4.79 Å². The zero-order valence-electron chi connectivity index (χ0n) is 17.6. The Labute approximate surface area is 186 Å². The van der Waals surface area contributed by atoms with Crippen molar-refractivity contribution >= 4 is 23.2 Å². The average molecular weight is 442 g/mol. The number of para-hydroxylation sites is 1. The Balaban J connectivity index is 1.52. The fourth-order valence-corrected chi connectivity index (χ4v) is 4.00. The Morgan fingerprint density at radius 3 is 2.61 bits per heavy atom. The summed E-state index contributed by atoms with van der Waals surface area (Å²) in [4.78, 5) is 17.4. The van der Waals surface area contributed by atoms with Crippen LogP contribution < -0.4 is 10.2 Å². The number of hydrogen-bond donors (Lipinski definition) is 1. The molecular formula is C23H25ClFN5O. The number of amides is 1. The number of benzene rings is 2. The maximum atomic E-state index is 14.1. The SMILES string of the molecule is CC(NC(=O)c1cnn(-c2ccccc2Cl)c1)c1cc(F)ccc1N1CCN(C)CC1. The number of hydrogen-bond acceptors (Lipinski definition) is 4. The molecule has 0 bridgehead atoms. The molecule has 1 amide bonds. The van der Waals surface area contributed by atoms with Gasteiger partial charge in [0.05, 0.1) is 28.5 Å². The molecule has 4 rings (SSSR count). The summed E-state index contributed by atoms with van der Waals surface area (Å²) in [5.41, 5.74) is 2.81. The second-order valence-electron chi connectivity index (χ2n) is 7.81. The topological polar surface area (TPSA) is 53.4 Å². The standard InChI is InChI=1S/C23H25ClFN5O/c1-16(19-13-18(25)7-8-21(19)29-11-9-28(2)10-12-29)27-23(31)17-14-26-30(15-17)22-6-4-3-5-20(22)24/h3-8,13-16H,9-12H2,1-2H3,(H,27,31). The van der Waals surface area contributed by atoms with Crippen LogP contribution in [0.25, 0.3) is 5.69 Å². The van der Waals surface area contributed by atoms with Gasteiger partial charge in [-0.2, -0.15) is 5.10 Å². The van der Waals surface area contributed by atoms with E-state index < -0.39 is 0 Å². The van der Waals surface area contributed by atoms with Crippen molar-refractivity contribution in [3.63, 3.8) is 0 Å². The zero-order valence-corrected chi connectivity index (χ0v) is 18.3. The van der Waals surface area contributed by atoms with Gasteiger partial charge < -0.3 is 15.1 Å². The number of nitrogens with one attached hydrogen (secondary N) is 1. The zero-order chi connectivity index (χ0) is 22.0. The van der Waals surface area contributed by atoms with Crippen LogP contribution in [0.1, 0.15) is 28.9 Å². The maximum Gasteiger partial charge on any atom is 0.254 e. The summed E-state index contributed by atoms with van der Waals surface area (Å²) in [5, 5.41) is 7.78. The smallest absolute Gasteiger partial charge is 0.254 e. The highest BCUT2D eigenvalue weighted by molar-refractivity contribution is 6.32. The van der Waals surface area contributed by atoms with Crippen LogP contribution in [0.4, 0.5) is 10.1 Å². The quantitative estimate of drug-likeness (QED) is 0.652. The Kier molecular flexibility index (Phi) is 6.25. The third-order valence-corrected chi connectivity index (χ3v) is 5.91. The minimum atomic E-state index is -0.374. The molecule has 1 aliphatic rings. The number of anilines is 1. The number of halogens is 2. The molecule has 1 saturated heterocycles. The van der Waals surface area contributed by atoms with E-state index in [2.05, 4.69) is 27.3 Å². The first-order valence-corrected chi connectivity index (χ1v) is 10.6. The molecule has 0 spiro atoms. The van der Waals surface area contributed by atoms with Crippen LogP contribution in [0.3, 0.4) is 0 Å². The summed E-state index contributed by atoms with van der Waals surface area (Å²) < 4.78 is 15.6. The largest absolute Gasteiger partial charge is 0.369 e. The Morgan fingerprint density at radius 2 is 1.87 bits per heavy atom. The van der Waals surface area contributed by atoms with E-state index in [1.165, 1.54) is 18.3 Å². The monoisotopic (exact) mass is 441 g/mol. The minimum absolute atomic E-state index is 0.278. The molecule has 2 heterocycles. The molecule has 1 N–H and O–H groups in total. The van der Waals surface area contributed by atoms with Crippen molar-refractivity contribution in [3.05, 3.63) is 76.8 Å². The highest BCUT2D eigenvalue weighted by Gasteiger charge is 2.22. The van der Waals surface area contributed by atoms with E-state index in [4.69, 9.17) is 11.6 Å². The van der Waals surface area contributed by atoms with Crippen LogP contribution in [0, 0.1) is 5.82 Å². The van der Waals surface area contributed by atoms with E-state index >= 15 is 0 Å². The normalized spacial score (nSPS) is 15.7. The lowest BCUT2D eigenvalue weighted by Crippen LogP contribution is -2.45. The van der Waals surface area contributed by atoms with Crippen molar-refractivity contribution in [2.45, 2.75) is 13.0 Å². The first-order chi connectivity index (χ1) is 14.9. The van der Waals surface area contributed by atoms with E-state index in [1.807, 2.05) is 25.1 Å². The number of rotatable bonds is 5. The van der Waals surface area contributed by atoms with Crippen molar-refractivity contribution in [1.82, 2.24) is 20.0 Å². The molecule has 2 aromatic carbocycles. The number of piperazine rings is 1. The first kappa shape index (κ1) is 21.3. The first-order valence-electron chi connectivity index (χ1n) is 10.3. The van der Waals surface area contributed by atoms with Gasteiger partial charge in [0.1, 0.15) is 5.82 Å². The molecule has 0 radical (unpaired) electrons. The molecule has 6 nitrogen and oxygen atoms in total. The third kappa shape index (κ3) is 4.73. The van der Waals surface area contributed by atoms with E-state index in [0.717, 1.165) is 37.4 Å². The van der Waals surface area contributed by atoms with Crippen molar-refractivity contribution in [3.8, 4) is 5.69 Å². The highest BCUT2D eigenvalue weighted by atomic mass is 35.5. The summed E-state index contributed by atoms with van der Waals surface area (Å²) in [6.07, 6.45) is 3.13. The van der Waals surface area contributed by atoms with Gasteiger partial charge in [-0.15, -0.1) is 0 Å². The summed E-state index contributed by atoms with van der Waals surface area (Å²) in [7, 11) is 2.09. The third-order valence-electron chi connectivity index (χ3n) is 5.59. The number of nitrogens with zero attached hydrogens (tertiary/aromatic N) is 4. The number of likely N-dealkylation sites (N-methyl/N-ethyl adjacent to an activating group) is 1. The summed E-state index contributed by atoms with van der Waals surface area (Å²) in [6.45, 7) is 5.48. The van der Waals surface area contributed by atoms with Gasteiger partial charge in [0.25, 0.3) is 5.91 Å². The van der Waals surface area contributed by atoms with E-state index in [9.17, 15) is 9.18 Å². The molecule has 1 aliphatic heterocycles. The Bertz CT molecular complexity index is 1080. The number of carbonyl (C=O) groups excluding carboxylic acids is 1. The lowest BCUT2D eigenvalue weighted by Gasteiger charge is -2.36. The van der Waals surface area contributed by atoms with Gasteiger partial charge in [0, 0.05) is 43.6 Å². The van der Waals surface area contributed by atoms with Crippen molar-refractivity contribution in [1.29, 1.82) is 0 Å². The predicted molar refractivity (Wildman–Crippen MR) is 121 cm³/mol. The van der Waals surface area contributed by atoms with E-state index in [-0.39, 0.29) is 17.8 Å².